The first-order valence-corrected chi connectivity index (χ1v) is 6.36. The maximum atomic E-state index is 11.6. The second-order valence-electron chi connectivity index (χ2n) is 4.26. The first-order valence-electron chi connectivity index (χ1n) is 6.36. The molecule has 1 saturated heterocycles. The summed E-state index contributed by atoms with van der Waals surface area (Å²) in [6.45, 7) is 6.02. The molecule has 0 aromatic heterocycles. The van der Waals surface area contributed by atoms with Crippen LogP contribution in [0.2, 0.25) is 0 Å². The van der Waals surface area contributed by atoms with Crippen LogP contribution >= 0.6 is 0 Å². The monoisotopic (exact) mass is 242 g/mol. The van der Waals surface area contributed by atoms with E-state index >= 15 is 0 Å². The number of nitrogens with one attached hydrogen (secondary N) is 1. The van der Waals surface area contributed by atoms with Crippen LogP contribution in [0.15, 0.2) is 0 Å². The lowest BCUT2D eigenvalue weighted by atomic mass is 10.1. The topological polar surface area (TPSA) is 58.6 Å². The summed E-state index contributed by atoms with van der Waals surface area (Å²) in [7, 11) is 0. The van der Waals surface area contributed by atoms with E-state index in [2.05, 4.69) is 12.2 Å². The van der Waals surface area contributed by atoms with Gasteiger partial charge < -0.3 is 10.1 Å². The number of unbranched alkanes of at least 4 members (excludes halogenated alkanes) is 1. The van der Waals surface area contributed by atoms with Gasteiger partial charge in [0.2, 0.25) is 5.91 Å². The molecule has 1 fully saturated rings. The van der Waals surface area contributed by atoms with Crippen molar-refractivity contribution in [3.05, 3.63) is 0 Å². The molecule has 98 valence electrons. The van der Waals surface area contributed by atoms with Crippen molar-refractivity contribution >= 4 is 11.9 Å². The average molecular weight is 242 g/mol. The summed E-state index contributed by atoms with van der Waals surface area (Å²) in [5, 5.41) is 2.81. The molecule has 0 aromatic rings. The fraction of sp³-hybridized carbons (Fsp3) is 0.833. The van der Waals surface area contributed by atoms with E-state index in [4.69, 9.17) is 4.74 Å². The predicted octanol–water partition coefficient (Wildman–Crippen LogP) is 0.540. The second kappa shape index (κ2) is 7.27. The van der Waals surface area contributed by atoms with Crippen LogP contribution in [0.3, 0.4) is 0 Å². The molecule has 0 saturated carbocycles. The van der Waals surface area contributed by atoms with Gasteiger partial charge in [0.15, 0.2) is 0 Å². The molecule has 17 heavy (non-hydrogen) atoms. The zero-order chi connectivity index (χ0) is 12.7. The van der Waals surface area contributed by atoms with E-state index in [0.29, 0.717) is 26.1 Å². The number of esters is 1. The number of ether oxygens (including phenoxy) is 1. The van der Waals surface area contributed by atoms with Gasteiger partial charge in [0, 0.05) is 13.1 Å². The van der Waals surface area contributed by atoms with Crippen LogP contribution in [0, 0.1) is 0 Å². The van der Waals surface area contributed by atoms with Crippen LogP contribution in [-0.2, 0) is 14.3 Å². The van der Waals surface area contributed by atoms with Crippen LogP contribution in [0.25, 0.3) is 0 Å². The van der Waals surface area contributed by atoms with Crippen LogP contribution in [0.5, 0.6) is 0 Å². The summed E-state index contributed by atoms with van der Waals surface area (Å²) in [5.41, 5.74) is 0. The Morgan fingerprint density at radius 3 is 2.94 bits per heavy atom. The summed E-state index contributed by atoms with van der Waals surface area (Å²) in [6, 6.07) is -0.192. The minimum atomic E-state index is -0.230. The van der Waals surface area contributed by atoms with Crippen molar-refractivity contribution in [2.45, 2.75) is 39.2 Å². The molecule has 1 atom stereocenters. The first kappa shape index (κ1) is 14.0. The van der Waals surface area contributed by atoms with Gasteiger partial charge in [-0.3, -0.25) is 14.5 Å². The predicted molar refractivity (Wildman–Crippen MR) is 64.5 cm³/mol. The SMILES string of the molecule is CCCCOC(=O)CN1CCNC(=O)C1CC. The van der Waals surface area contributed by atoms with Crippen molar-refractivity contribution in [1.29, 1.82) is 0 Å². The van der Waals surface area contributed by atoms with Crippen molar-refractivity contribution < 1.29 is 14.3 Å². The standard InChI is InChI=1S/C12H22N2O3/c1-3-5-8-17-11(15)9-14-7-6-13-12(16)10(14)4-2/h10H,3-9H2,1-2H3,(H,13,16). The molecule has 1 heterocycles. The van der Waals surface area contributed by atoms with Crippen molar-refractivity contribution in [2.75, 3.05) is 26.2 Å². The quantitative estimate of drug-likeness (QED) is 0.545. The number of carbonyl (C=O) groups is 2. The fourth-order valence-electron chi connectivity index (χ4n) is 1.94. The molecule has 0 radical (unpaired) electrons. The third kappa shape index (κ3) is 4.34. The van der Waals surface area contributed by atoms with Gasteiger partial charge in [-0.25, -0.2) is 0 Å². The van der Waals surface area contributed by atoms with E-state index in [0.717, 1.165) is 12.8 Å². The third-order valence-electron chi connectivity index (χ3n) is 2.92. The molecule has 1 amide bonds. The number of rotatable bonds is 6. The Labute approximate surface area is 102 Å². The van der Waals surface area contributed by atoms with E-state index in [9.17, 15) is 9.59 Å². The second-order valence-corrected chi connectivity index (χ2v) is 4.26. The fourth-order valence-corrected chi connectivity index (χ4v) is 1.94. The third-order valence-corrected chi connectivity index (χ3v) is 2.92. The maximum Gasteiger partial charge on any atom is 0.320 e. The van der Waals surface area contributed by atoms with Crippen molar-refractivity contribution in [3.63, 3.8) is 0 Å². The minimum absolute atomic E-state index is 0.0140. The van der Waals surface area contributed by atoms with Gasteiger partial charge in [-0.05, 0) is 12.8 Å². The van der Waals surface area contributed by atoms with E-state index in [-0.39, 0.29) is 24.5 Å². The van der Waals surface area contributed by atoms with Gasteiger partial charge in [0.1, 0.15) is 0 Å². The van der Waals surface area contributed by atoms with Crippen molar-refractivity contribution in [2.24, 2.45) is 0 Å². The summed E-state index contributed by atoms with van der Waals surface area (Å²) >= 11 is 0. The number of hydrogen-bond donors (Lipinski definition) is 1. The molecule has 0 aromatic carbocycles. The summed E-state index contributed by atoms with van der Waals surface area (Å²) < 4.78 is 5.10. The van der Waals surface area contributed by atoms with Gasteiger partial charge in [0.05, 0.1) is 19.2 Å². The molecule has 1 rings (SSSR count). The zero-order valence-electron chi connectivity index (χ0n) is 10.7. The highest BCUT2D eigenvalue weighted by atomic mass is 16.5. The maximum absolute atomic E-state index is 11.6. The Balaban J connectivity index is 2.37. The van der Waals surface area contributed by atoms with E-state index in [1.54, 1.807) is 0 Å². The first-order chi connectivity index (χ1) is 8.19. The Kier molecular flexibility index (Phi) is 5.97. The minimum Gasteiger partial charge on any atom is -0.465 e. The lowest BCUT2D eigenvalue weighted by Gasteiger charge is -2.33. The van der Waals surface area contributed by atoms with Crippen LogP contribution in [0.1, 0.15) is 33.1 Å². The van der Waals surface area contributed by atoms with Crippen molar-refractivity contribution in [1.82, 2.24) is 10.2 Å². The van der Waals surface area contributed by atoms with Crippen LogP contribution < -0.4 is 5.32 Å². The molecular weight excluding hydrogens is 220 g/mol. The molecule has 1 unspecified atom stereocenters. The summed E-state index contributed by atoms with van der Waals surface area (Å²) in [5.74, 6) is -0.216. The highest BCUT2D eigenvalue weighted by Crippen LogP contribution is 2.08. The van der Waals surface area contributed by atoms with Gasteiger partial charge in [-0.2, -0.15) is 0 Å². The van der Waals surface area contributed by atoms with Gasteiger partial charge in [-0.1, -0.05) is 20.3 Å². The Morgan fingerprint density at radius 2 is 2.29 bits per heavy atom. The van der Waals surface area contributed by atoms with E-state index in [1.807, 2.05) is 11.8 Å². The average Bonchev–Trinajstić information content (AvgIpc) is 2.29. The molecule has 0 aliphatic carbocycles. The smallest absolute Gasteiger partial charge is 0.320 e. The molecule has 1 aliphatic heterocycles. The normalized spacial score (nSPS) is 21.1. The van der Waals surface area contributed by atoms with Crippen LogP contribution in [-0.4, -0.2) is 49.1 Å². The molecule has 5 heteroatoms. The van der Waals surface area contributed by atoms with Crippen LogP contribution in [0.4, 0.5) is 0 Å². The van der Waals surface area contributed by atoms with E-state index in [1.165, 1.54) is 0 Å². The number of amides is 1. The Morgan fingerprint density at radius 1 is 1.53 bits per heavy atom. The molecule has 1 aliphatic rings. The Hall–Kier alpha value is -1.10. The lowest BCUT2D eigenvalue weighted by molar-refractivity contribution is -0.147. The number of nitrogens with zero attached hydrogens (tertiary/aromatic N) is 1. The Bertz CT molecular complexity index is 268. The molecule has 0 spiro atoms. The molecule has 0 bridgehead atoms. The zero-order valence-corrected chi connectivity index (χ0v) is 10.7. The van der Waals surface area contributed by atoms with Gasteiger partial charge in [0.25, 0.3) is 0 Å². The highest BCUT2D eigenvalue weighted by Gasteiger charge is 2.29. The summed E-state index contributed by atoms with van der Waals surface area (Å²) in [6.07, 6.45) is 2.62. The lowest BCUT2D eigenvalue weighted by Crippen LogP contribution is -2.56. The van der Waals surface area contributed by atoms with Gasteiger partial charge >= 0.3 is 5.97 Å². The van der Waals surface area contributed by atoms with E-state index < -0.39 is 0 Å². The van der Waals surface area contributed by atoms with Crippen molar-refractivity contribution in [3.8, 4) is 0 Å². The number of piperazine rings is 1. The molecular formula is C12H22N2O3. The largest absolute Gasteiger partial charge is 0.465 e. The summed E-state index contributed by atoms with van der Waals surface area (Å²) in [4.78, 5) is 25.0. The highest BCUT2D eigenvalue weighted by molar-refractivity contribution is 5.83. The van der Waals surface area contributed by atoms with Gasteiger partial charge in [-0.15, -0.1) is 0 Å². The number of hydrogen-bond acceptors (Lipinski definition) is 4. The molecule has 5 nitrogen and oxygen atoms in total. The molecule has 1 N–H and O–H groups in total. The number of carbonyl (C=O) groups excluding carboxylic acids is 2.